The second-order valence-electron chi connectivity index (χ2n) is 5.82. The van der Waals surface area contributed by atoms with E-state index < -0.39 is 0 Å². The number of carbonyl (C=O) groups excluding carboxylic acids is 1. The Hall–Kier alpha value is -3.46. The van der Waals surface area contributed by atoms with Gasteiger partial charge >= 0.3 is 0 Å². The number of hydrogen-bond acceptors (Lipinski definition) is 8. The molecule has 3 aromatic rings. The van der Waals surface area contributed by atoms with E-state index in [-0.39, 0.29) is 5.91 Å². The van der Waals surface area contributed by atoms with Gasteiger partial charge in [-0.05, 0) is 39.4 Å². The van der Waals surface area contributed by atoms with Crippen molar-refractivity contribution in [2.75, 3.05) is 12.4 Å². The minimum atomic E-state index is -0.362. The van der Waals surface area contributed by atoms with Crippen molar-refractivity contribution in [2.45, 2.75) is 13.8 Å². The summed E-state index contributed by atoms with van der Waals surface area (Å²) in [5.41, 5.74) is 3.40. The number of hydrogen-bond donors (Lipinski definition) is 1. The van der Waals surface area contributed by atoms with Crippen molar-refractivity contribution in [2.24, 2.45) is 9.98 Å². The highest BCUT2D eigenvalue weighted by atomic mass is 32.1. The number of carbonyl (C=O) groups is 1. The maximum Gasteiger partial charge on any atom is 0.259 e. The van der Waals surface area contributed by atoms with Crippen LogP contribution in [0.3, 0.4) is 0 Å². The van der Waals surface area contributed by atoms with Gasteiger partial charge in [-0.25, -0.2) is 9.98 Å². The van der Waals surface area contributed by atoms with Crippen LogP contribution in [-0.4, -0.2) is 41.4 Å². The molecule has 0 unspecified atom stereocenters. The first-order valence-corrected chi connectivity index (χ1v) is 9.01. The summed E-state index contributed by atoms with van der Waals surface area (Å²) in [6.07, 6.45) is 3.16. The van der Waals surface area contributed by atoms with Crippen LogP contribution in [0.25, 0.3) is 11.1 Å². The lowest BCUT2D eigenvalue weighted by molar-refractivity contribution is 0.102. The summed E-state index contributed by atoms with van der Waals surface area (Å²) in [5.74, 6) is 0.527. The van der Waals surface area contributed by atoms with Crippen molar-refractivity contribution in [1.82, 2.24) is 15.0 Å². The molecular formula is C19H18N6O2S. The second-order valence-corrected chi connectivity index (χ2v) is 6.79. The highest BCUT2D eigenvalue weighted by Crippen LogP contribution is 2.37. The molecule has 1 amide bonds. The van der Waals surface area contributed by atoms with E-state index in [2.05, 4.69) is 43.7 Å². The average molecular weight is 394 g/mol. The number of methoxy groups -OCH3 is 1. The van der Waals surface area contributed by atoms with Gasteiger partial charge in [-0.15, -0.1) is 0 Å². The SMILES string of the molecule is C=Nc1nc(NC(=O)c2cnc(C)cc2-c2cc(C)ncc2OC)sc1N=C. The molecule has 0 saturated heterocycles. The number of aromatic nitrogens is 3. The Kier molecular flexibility index (Phi) is 5.55. The molecule has 0 spiro atoms. The zero-order chi connectivity index (χ0) is 20.3. The monoisotopic (exact) mass is 394 g/mol. The van der Waals surface area contributed by atoms with Crippen molar-refractivity contribution in [3.8, 4) is 16.9 Å². The molecule has 0 radical (unpaired) electrons. The van der Waals surface area contributed by atoms with Crippen molar-refractivity contribution in [3.63, 3.8) is 0 Å². The summed E-state index contributed by atoms with van der Waals surface area (Å²) in [6, 6.07) is 3.70. The van der Waals surface area contributed by atoms with E-state index in [0.717, 1.165) is 28.3 Å². The number of thiazole rings is 1. The topological polar surface area (TPSA) is 102 Å². The highest BCUT2D eigenvalue weighted by molar-refractivity contribution is 7.20. The normalized spacial score (nSPS) is 10.4. The fourth-order valence-electron chi connectivity index (χ4n) is 2.61. The van der Waals surface area contributed by atoms with Crippen LogP contribution in [0.5, 0.6) is 5.75 Å². The molecule has 28 heavy (non-hydrogen) atoms. The molecule has 3 heterocycles. The molecule has 0 aliphatic carbocycles. The summed E-state index contributed by atoms with van der Waals surface area (Å²) in [5, 5.41) is 3.60. The first-order chi connectivity index (χ1) is 13.5. The average Bonchev–Trinajstić information content (AvgIpc) is 3.09. The number of ether oxygens (including phenoxy) is 1. The summed E-state index contributed by atoms with van der Waals surface area (Å²) in [7, 11) is 1.56. The fourth-order valence-corrected chi connectivity index (χ4v) is 3.34. The molecule has 0 aromatic carbocycles. The molecule has 0 saturated carbocycles. The zero-order valence-corrected chi connectivity index (χ0v) is 16.5. The summed E-state index contributed by atoms with van der Waals surface area (Å²) in [6.45, 7) is 10.6. The number of nitrogens with zero attached hydrogens (tertiary/aromatic N) is 5. The van der Waals surface area contributed by atoms with E-state index in [1.54, 1.807) is 13.3 Å². The lowest BCUT2D eigenvalue weighted by atomic mass is 9.99. The minimum absolute atomic E-state index is 0.323. The van der Waals surface area contributed by atoms with Gasteiger partial charge in [-0.1, -0.05) is 11.3 Å². The van der Waals surface area contributed by atoms with E-state index in [1.807, 2.05) is 26.0 Å². The summed E-state index contributed by atoms with van der Waals surface area (Å²) in [4.78, 5) is 33.3. The van der Waals surface area contributed by atoms with E-state index >= 15 is 0 Å². The van der Waals surface area contributed by atoms with Crippen molar-refractivity contribution < 1.29 is 9.53 Å². The third kappa shape index (κ3) is 3.79. The molecule has 142 valence electrons. The van der Waals surface area contributed by atoms with Crippen LogP contribution in [0.15, 0.2) is 34.5 Å². The third-order valence-electron chi connectivity index (χ3n) is 3.91. The fraction of sp³-hybridized carbons (Fsp3) is 0.158. The van der Waals surface area contributed by atoms with Crippen LogP contribution in [0.2, 0.25) is 0 Å². The smallest absolute Gasteiger partial charge is 0.259 e. The van der Waals surface area contributed by atoms with Gasteiger partial charge in [-0.2, -0.15) is 4.98 Å². The molecule has 9 heteroatoms. The van der Waals surface area contributed by atoms with Crippen molar-refractivity contribution in [1.29, 1.82) is 0 Å². The van der Waals surface area contributed by atoms with Gasteiger partial charge in [0.1, 0.15) is 5.75 Å². The van der Waals surface area contributed by atoms with Crippen LogP contribution in [0.1, 0.15) is 21.7 Å². The number of nitrogens with one attached hydrogen (secondary N) is 1. The third-order valence-corrected chi connectivity index (χ3v) is 4.80. The van der Waals surface area contributed by atoms with Crippen molar-refractivity contribution >= 4 is 46.6 Å². The standard InChI is InChI=1S/C19H18N6O2S/c1-10-6-12(13-7-11(2)23-9-15(13)27-5)14(8-22-10)17(26)25-19-24-16(20-3)18(21-4)28-19/h6-9H,3-4H2,1-2,5H3,(H,24,25,26). The molecule has 0 fully saturated rings. The molecule has 3 aromatic heterocycles. The Morgan fingerprint density at radius 3 is 2.39 bits per heavy atom. The predicted molar refractivity (Wildman–Crippen MR) is 112 cm³/mol. The van der Waals surface area contributed by atoms with E-state index in [4.69, 9.17) is 4.74 Å². The van der Waals surface area contributed by atoms with Crippen molar-refractivity contribution in [3.05, 3.63) is 41.5 Å². The molecule has 0 aliphatic rings. The summed E-state index contributed by atoms with van der Waals surface area (Å²) >= 11 is 1.16. The maximum absolute atomic E-state index is 13.0. The number of anilines is 1. The predicted octanol–water partition coefficient (Wildman–Crippen LogP) is 4.14. The first kappa shape index (κ1) is 19.3. The van der Waals surface area contributed by atoms with Gasteiger partial charge in [0.15, 0.2) is 16.0 Å². The Morgan fingerprint density at radius 2 is 1.79 bits per heavy atom. The van der Waals surface area contributed by atoms with Crippen LogP contribution in [0, 0.1) is 13.8 Å². The quantitative estimate of drug-likeness (QED) is 0.633. The molecule has 0 aliphatic heterocycles. The van der Waals surface area contributed by atoms with E-state index in [0.29, 0.717) is 32.8 Å². The Bertz CT molecular complexity index is 1050. The largest absolute Gasteiger partial charge is 0.494 e. The highest BCUT2D eigenvalue weighted by Gasteiger charge is 2.19. The van der Waals surface area contributed by atoms with Gasteiger partial charge < -0.3 is 4.74 Å². The Balaban J connectivity index is 2.05. The lowest BCUT2D eigenvalue weighted by Crippen LogP contribution is -2.14. The molecule has 0 atom stereocenters. The first-order valence-electron chi connectivity index (χ1n) is 8.20. The van der Waals surface area contributed by atoms with Crippen LogP contribution < -0.4 is 10.1 Å². The van der Waals surface area contributed by atoms with Gasteiger partial charge in [0, 0.05) is 28.7 Å². The molecule has 1 N–H and O–H groups in total. The molecule has 3 rings (SSSR count). The molecular weight excluding hydrogens is 376 g/mol. The van der Waals surface area contributed by atoms with E-state index in [1.165, 1.54) is 6.20 Å². The van der Waals surface area contributed by atoms with Crippen LogP contribution in [-0.2, 0) is 0 Å². The van der Waals surface area contributed by atoms with Crippen LogP contribution >= 0.6 is 11.3 Å². The number of amides is 1. The van der Waals surface area contributed by atoms with Crippen LogP contribution in [0.4, 0.5) is 16.0 Å². The number of aryl methyl sites for hydroxylation is 2. The Morgan fingerprint density at radius 1 is 1.11 bits per heavy atom. The Labute approximate surface area is 166 Å². The van der Waals surface area contributed by atoms with Gasteiger partial charge in [0.05, 0.1) is 18.9 Å². The zero-order valence-electron chi connectivity index (χ0n) is 15.7. The number of pyridine rings is 2. The second kappa shape index (κ2) is 8.05. The summed E-state index contributed by atoms with van der Waals surface area (Å²) < 4.78 is 5.43. The van der Waals surface area contributed by atoms with Gasteiger partial charge in [0.2, 0.25) is 0 Å². The van der Waals surface area contributed by atoms with Gasteiger partial charge in [-0.3, -0.25) is 20.1 Å². The maximum atomic E-state index is 13.0. The van der Waals surface area contributed by atoms with E-state index in [9.17, 15) is 4.79 Å². The minimum Gasteiger partial charge on any atom is -0.494 e. The molecule has 8 nitrogen and oxygen atoms in total. The van der Waals surface area contributed by atoms with Gasteiger partial charge in [0.25, 0.3) is 5.91 Å². The molecule has 0 bridgehead atoms. The number of rotatable bonds is 6. The number of aliphatic imine (C=N–C) groups is 2. The lowest BCUT2D eigenvalue weighted by Gasteiger charge is -2.13.